The van der Waals surface area contributed by atoms with Crippen LogP contribution < -0.4 is 4.90 Å². The van der Waals surface area contributed by atoms with E-state index in [1.165, 1.54) is 0 Å². The van der Waals surface area contributed by atoms with E-state index in [0.29, 0.717) is 0 Å². The van der Waals surface area contributed by atoms with Crippen LogP contribution in [0.25, 0.3) is 22.8 Å². The highest BCUT2D eigenvalue weighted by atomic mass is 15.2. The molecule has 4 aromatic heterocycles. The van der Waals surface area contributed by atoms with Crippen molar-refractivity contribution in [1.29, 1.82) is 0 Å². The SMILES string of the molecule is c1ccc(N(c2cccc(-c3ccccn3)n2)c2cccc(-c3ccccn3)n2)cc1. The van der Waals surface area contributed by atoms with E-state index in [9.17, 15) is 0 Å². The van der Waals surface area contributed by atoms with Crippen molar-refractivity contribution in [3.63, 3.8) is 0 Å². The lowest BCUT2D eigenvalue weighted by molar-refractivity contribution is 1.12. The van der Waals surface area contributed by atoms with Crippen molar-refractivity contribution in [3.05, 3.63) is 116 Å². The number of nitrogens with zero attached hydrogens (tertiary/aromatic N) is 5. The third-order valence-electron chi connectivity index (χ3n) is 4.80. The predicted molar refractivity (Wildman–Crippen MR) is 123 cm³/mol. The fourth-order valence-electron chi connectivity index (χ4n) is 3.37. The Morgan fingerprint density at radius 3 is 1.39 bits per heavy atom. The molecule has 5 rings (SSSR count). The number of hydrogen-bond acceptors (Lipinski definition) is 5. The van der Waals surface area contributed by atoms with E-state index in [1.54, 1.807) is 12.4 Å². The van der Waals surface area contributed by atoms with Crippen LogP contribution in [0.2, 0.25) is 0 Å². The van der Waals surface area contributed by atoms with Crippen LogP contribution in [-0.2, 0) is 0 Å². The van der Waals surface area contributed by atoms with E-state index < -0.39 is 0 Å². The summed E-state index contributed by atoms with van der Waals surface area (Å²) in [6, 6.07) is 33.6. The molecule has 0 aliphatic heterocycles. The minimum absolute atomic E-state index is 0.764. The molecule has 0 radical (unpaired) electrons. The smallest absolute Gasteiger partial charge is 0.139 e. The fourth-order valence-corrected chi connectivity index (χ4v) is 3.37. The average molecular weight is 401 g/mol. The summed E-state index contributed by atoms with van der Waals surface area (Å²) in [5, 5.41) is 0. The summed E-state index contributed by atoms with van der Waals surface area (Å²) in [7, 11) is 0. The van der Waals surface area contributed by atoms with Gasteiger partial charge in [-0.3, -0.25) is 14.9 Å². The molecule has 0 aliphatic carbocycles. The molecular formula is C26H19N5. The Labute approximate surface area is 180 Å². The lowest BCUT2D eigenvalue weighted by Gasteiger charge is -2.24. The van der Waals surface area contributed by atoms with E-state index in [4.69, 9.17) is 9.97 Å². The van der Waals surface area contributed by atoms with Crippen molar-refractivity contribution >= 4 is 17.3 Å². The number of anilines is 3. The molecule has 0 spiro atoms. The third-order valence-corrected chi connectivity index (χ3v) is 4.80. The number of hydrogen-bond donors (Lipinski definition) is 0. The van der Waals surface area contributed by atoms with Gasteiger partial charge in [-0.1, -0.05) is 42.5 Å². The number of rotatable bonds is 5. The number of pyridine rings is 4. The van der Waals surface area contributed by atoms with Gasteiger partial charge in [-0.15, -0.1) is 0 Å². The summed E-state index contributed by atoms with van der Waals surface area (Å²) in [6.07, 6.45) is 3.55. The van der Waals surface area contributed by atoms with Gasteiger partial charge in [-0.2, -0.15) is 0 Å². The van der Waals surface area contributed by atoms with Gasteiger partial charge in [0.1, 0.15) is 11.6 Å². The molecule has 5 nitrogen and oxygen atoms in total. The summed E-state index contributed by atoms with van der Waals surface area (Å²) in [6.45, 7) is 0. The van der Waals surface area contributed by atoms with Crippen LogP contribution >= 0.6 is 0 Å². The Morgan fingerprint density at radius 1 is 0.419 bits per heavy atom. The highest BCUT2D eigenvalue weighted by Gasteiger charge is 2.16. The van der Waals surface area contributed by atoms with Crippen molar-refractivity contribution in [3.8, 4) is 22.8 Å². The van der Waals surface area contributed by atoms with E-state index in [2.05, 4.69) is 9.97 Å². The van der Waals surface area contributed by atoms with E-state index in [0.717, 1.165) is 40.1 Å². The largest absolute Gasteiger partial charge is 0.279 e. The molecule has 0 aliphatic rings. The van der Waals surface area contributed by atoms with Crippen LogP contribution in [0.1, 0.15) is 0 Å². The molecule has 4 heterocycles. The summed E-state index contributed by atoms with van der Waals surface area (Å²) >= 11 is 0. The summed E-state index contributed by atoms with van der Waals surface area (Å²) in [4.78, 5) is 20.7. The molecule has 0 amide bonds. The topological polar surface area (TPSA) is 54.8 Å². The minimum atomic E-state index is 0.764. The first kappa shape index (κ1) is 18.6. The van der Waals surface area contributed by atoms with E-state index in [1.807, 2.05) is 108 Å². The first-order valence-electron chi connectivity index (χ1n) is 10.0. The fraction of sp³-hybridized carbons (Fsp3) is 0. The zero-order valence-electron chi connectivity index (χ0n) is 16.7. The molecule has 5 heteroatoms. The second-order valence-electron chi connectivity index (χ2n) is 6.86. The number of para-hydroxylation sites is 1. The molecule has 0 saturated heterocycles. The highest BCUT2D eigenvalue weighted by Crippen LogP contribution is 2.33. The van der Waals surface area contributed by atoms with Crippen LogP contribution in [0.3, 0.4) is 0 Å². The first-order valence-corrected chi connectivity index (χ1v) is 10.0. The van der Waals surface area contributed by atoms with Crippen LogP contribution in [-0.4, -0.2) is 19.9 Å². The monoisotopic (exact) mass is 401 g/mol. The molecule has 1 aromatic carbocycles. The molecule has 0 fully saturated rings. The van der Waals surface area contributed by atoms with Gasteiger partial charge in [0, 0.05) is 18.1 Å². The predicted octanol–water partition coefficient (Wildman–Crippen LogP) is 6.07. The van der Waals surface area contributed by atoms with Gasteiger partial charge >= 0.3 is 0 Å². The zero-order valence-corrected chi connectivity index (χ0v) is 16.7. The first-order chi connectivity index (χ1) is 15.4. The Hall–Kier alpha value is -4.38. The Morgan fingerprint density at radius 2 is 0.903 bits per heavy atom. The van der Waals surface area contributed by atoms with Gasteiger partial charge in [-0.25, -0.2) is 9.97 Å². The molecular weight excluding hydrogens is 382 g/mol. The number of benzene rings is 1. The van der Waals surface area contributed by atoms with Crippen LogP contribution in [0.5, 0.6) is 0 Å². The average Bonchev–Trinajstić information content (AvgIpc) is 2.86. The van der Waals surface area contributed by atoms with Gasteiger partial charge in [0.25, 0.3) is 0 Å². The maximum Gasteiger partial charge on any atom is 0.139 e. The Kier molecular flexibility index (Phi) is 5.14. The van der Waals surface area contributed by atoms with Crippen LogP contribution in [0, 0.1) is 0 Å². The molecule has 0 bridgehead atoms. The summed E-state index contributed by atoms with van der Waals surface area (Å²) in [5.74, 6) is 1.53. The lowest BCUT2D eigenvalue weighted by atomic mass is 10.2. The second kappa shape index (κ2) is 8.55. The summed E-state index contributed by atoms with van der Waals surface area (Å²) < 4.78 is 0. The van der Waals surface area contributed by atoms with Crippen molar-refractivity contribution < 1.29 is 0 Å². The van der Waals surface area contributed by atoms with Crippen LogP contribution in [0.15, 0.2) is 116 Å². The van der Waals surface area contributed by atoms with Gasteiger partial charge in [-0.05, 0) is 60.7 Å². The zero-order chi connectivity index (χ0) is 20.9. The van der Waals surface area contributed by atoms with Crippen LogP contribution in [0.4, 0.5) is 17.3 Å². The summed E-state index contributed by atoms with van der Waals surface area (Å²) in [5.41, 5.74) is 4.23. The maximum absolute atomic E-state index is 4.91. The minimum Gasteiger partial charge on any atom is -0.279 e. The van der Waals surface area contributed by atoms with Crippen molar-refractivity contribution in [1.82, 2.24) is 19.9 Å². The Bertz CT molecular complexity index is 1190. The quantitative estimate of drug-likeness (QED) is 0.358. The maximum atomic E-state index is 4.91. The third kappa shape index (κ3) is 4.02. The Balaban J connectivity index is 1.63. The molecule has 5 aromatic rings. The highest BCUT2D eigenvalue weighted by molar-refractivity contribution is 5.74. The molecule has 0 saturated carbocycles. The standard InChI is InChI=1S/C26H19N5/c1-2-10-20(11-3-1)31(25-16-8-14-23(29-25)21-12-4-6-18-27-21)26-17-9-15-24(30-26)22-13-5-7-19-28-22/h1-19H. The van der Waals surface area contributed by atoms with Gasteiger partial charge in [0.15, 0.2) is 0 Å². The molecule has 31 heavy (non-hydrogen) atoms. The lowest BCUT2D eigenvalue weighted by Crippen LogP contribution is -2.13. The molecule has 0 unspecified atom stereocenters. The molecule has 0 N–H and O–H groups in total. The number of aromatic nitrogens is 4. The van der Waals surface area contributed by atoms with Crippen molar-refractivity contribution in [2.45, 2.75) is 0 Å². The molecule has 148 valence electrons. The van der Waals surface area contributed by atoms with Crippen molar-refractivity contribution in [2.75, 3.05) is 4.90 Å². The van der Waals surface area contributed by atoms with Crippen molar-refractivity contribution in [2.24, 2.45) is 0 Å². The second-order valence-corrected chi connectivity index (χ2v) is 6.86. The normalized spacial score (nSPS) is 10.6. The van der Waals surface area contributed by atoms with Gasteiger partial charge in [0.2, 0.25) is 0 Å². The molecule has 0 atom stereocenters. The van der Waals surface area contributed by atoms with Gasteiger partial charge in [0.05, 0.1) is 22.8 Å². The van der Waals surface area contributed by atoms with Gasteiger partial charge < -0.3 is 0 Å². The van der Waals surface area contributed by atoms with E-state index in [-0.39, 0.29) is 0 Å². The van der Waals surface area contributed by atoms with E-state index >= 15 is 0 Å².